The second kappa shape index (κ2) is 10.1. The van der Waals surface area contributed by atoms with E-state index in [-0.39, 0.29) is 18.4 Å². The second-order valence-electron chi connectivity index (χ2n) is 7.62. The summed E-state index contributed by atoms with van der Waals surface area (Å²) in [5.74, 6) is 0.0427. The van der Waals surface area contributed by atoms with Crippen LogP contribution in [0.3, 0.4) is 0 Å². The molecule has 1 aliphatic carbocycles. The number of carbonyl (C=O) groups excluding carboxylic acids is 2. The van der Waals surface area contributed by atoms with Crippen LogP contribution in [0.5, 0.6) is 0 Å². The van der Waals surface area contributed by atoms with Gasteiger partial charge in [0.25, 0.3) is 5.91 Å². The number of hydrogen-bond acceptors (Lipinski definition) is 3. The van der Waals surface area contributed by atoms with Crippen molar-refractivity contribution in [3.05, 3.63) is 60.2 Å². The van der Waals surface area contributed by atoms with Gasteiger partial charge in [0.15, 0.2) is 0 Å². The molecule has 0 unspecified atom stereocenters. The van der Waals surface area contributed by atoms with E-state index in [0.717, 1.165) is 24.2 Å². The smallest absolute Gasteiger partial charge is 0.258 e. The summed E-state index contributed by atoms with van der Waals surface area (Å²) in [5.41, 5.74) is 2.27. The van der Waals surface area contributed by atoms with Crippen LogP contribution in [0.25, 0.3) is 0 Å². The molecule has 1 saturated carbocycles. The quantitative estimate of drug-likeness (QED) is 0.750. The summed E-state index contributed by atoms with van der Waals surface area (Å²) in [6.07, 6.45) is 5.87. The Kier molecular flexibility index (Phi) is 7.28. The average Bonchev–Trinajstić information content (AvgIpc) is 2.79. The number of benzene rings is 2. The fourth-order valence-electron chi connectivity index (χ4n) is 3.94. The number of nitrogens with one attached hydrogen (secondary N) is 1. The molecule has 2 aromatic rings. The van der Waals surface area contributed by atoms with Crippen LogP contribution in [0.2, 0.25) is 0 Å². The van der Waals surface area contributed by atoms with E-state index in [1.54, 1.807) is 4.90 Å². The predicted octanol–water partition coefficient (Wildman–Crippen LogP) is 4.56. The fourth-order valence-corrected chi connectivity index (χ4v) is 3.94. The molecule has 1 aliphatic rings. The number of likely N-dealkylation sites (N-methyl/N-ethyl adjacent to an activating group) is 1. The Labute approximate surface area is 173 Å². The zero-order valence-electron chi connectivity index (χ0n) is 17.4. The van der Waals surface area contributed by atoms with E-state index in [4.69, 9.17) is 0 Å². The Balaban J connectivity index is 1.63. The summed E-state index contributed by atoms with van der Waals surface area (Å²) in [7, 11) is 1.90. The van der Waals surface area contributed by atoms with Gasteiger partial charge in [-0.1, -0.05) is 43.5 Å². The number of anilines is 2. The van der Waals surface area contributed by atoms with Gasteiger partial charge < -0.3 is 15.1 Å². The summed E-state index contributed by atoms with van der Waals surface area (Å²) in [6, 6.07) is 17.4. The van der Waals surface area contributed by atoms with E-state index in [0.29, 0.717) is 18.2 Å². The van der Waals surface area contributed by atoms with Crippen molar-refractivity contribution in [2.75, 3.05) is 30.4 Å². The lowest BCUT2D eigenvalue weighted by Crippen LogP contribution is -2.41. The molecule has 2 aromatic carbocycles. The van der Waals surface area contributed by atoms with Crippen LogP contribution in [0.1, 0.15) is 49.4 Å². The molecule has 0 spiro atoms. The summed E-state index contributed by atoms with van der Waals surface area (Å²) in [4.78, 5) is 29.2. The van der Waals surface area contributed by atoms with Gasteiger partial charge in [0.2, 0.25) is 5.91 Å². The normalized spacial score (nSPS) is 14.3. The topological polar surface area (TPSA) is 52.7 Å². The minimum atomic E-state index is -0.0481. The molecular formula is C24H31N3O2. The molecule has 0 bridgehead atoms. The van der Waals surface area contributed by atoms with Gasteiger partial charge in [-0.15, -0.1) is 0 Å². The minimum absolute atomic E-state index is 0.0481. The van der Waals surface area contributed by atoms with Crippen LogP contribution in [0.4, 0.5) is 11.4 Å². The number of hydrogen-bond donors (Lipinski definition) is 1. The van der Waals surface area contributed by atoms with Gasteiger partial charge in [-0.3, -0.25) is 9.59 Å². The molecule has 1 N–H and O–H groups in total. The fraction of sp³-hybridized carbons (Fsp3) is 0.417. The summed E-state index contributed by atoms with van der Waals surface area (Å²) >= 11 is 0. The van der Waals surface area contributed by atoms with Gasteiger partial charge in [-0.2, -0.15) is 0 Å². The summed E-state index contributed by atoms with van der Waals surface area (Å²) in [6.45, 7) is 2.79. The Bertz CT molecular complexity index is 816. The molecule has 29 heavy (non-hydrogen) atoms. The Hall–Kier alpha value is -2.82. The third kappa shape index (κ3) is 5.37. The first-order valence-corrected chi connectivity index (χ1v) is 10.6. The molecule has 0 radical (unpaired) electrons. The maximum absolute atomic E-state index is 13.0. The van der Waals surface area contributed by atoms with Crippen LogP contribution in [0, 0.1) is 0 Å². The molecule has 3 rings (SSSR count). The van der Waals surface area contributed by atoms with E-state index in [2.05, 4.69) is 5.32 Å². The van der Waals surface area contributed by atoms with Crippen molar-refractivity contribution in [1.29, 1.82) is 0 Å². The minimum Gasteiger partial charge on any atom is -0.376 e. The lowest BCUT2D eigenvalue weighted by Gasteiger charge is -2.31. The van der Waals surface area contributed by atoms with Crippen molar-refractivity contribution in [2.24, 2.45) is 0 Å². The highest BCUT2D eigenvalue weighted by molar-refractivity contribution is 6.06. The van der Waals surface area contributed by atoms with Crippen LogP contribution in [0.15, 0.2) is 54.6 Å². The molecule has 0 atom stereocenters. The van der Waals surface area contributed by atoms with Crippen molar-refractivity contribution < 1.29 is 9.59 Å². The summed E-state index contributed by atoms with van der Waals surface area (Å²) in [5, 5.41) is 3.19. The van der Waals surface area contributed by atoms with Crippen LogP contribution >= 0.6 is 0 Å². The molecule has 5 nitrogen and oxygen atoms in total. The standard InChI is InChI=1S/C24H31N3O2/c1-3-27(22-15-8-5-9-16-22)24(29)19-11-10-12-20(17-19)25-18-23(28)26(2)21-13-6-4-7-14-21/h5,8-12,15-17,21,25H,3-4,6-7,13-14,18H2,1-2H3. The molecule has 0 aliphatic heterocycles. The zero-order valence-corrected chi connectivity index (χ0v) is 17.4. The highest BCUT2D eigenvalue weighted by atomic mass is 16.2. The molecule has 5 heteroatoms. The van der Waals surface area contributed by atoms with Gasteiger partial charge >= 0.3 is 0 Å². The van der Waals surface area contributed by atoms with Crippen molar-refractivity contribution in [3.8, 4) is 0 Å². The van der Waals surface area contributed by atoms with Gasteiger partial charge in [-0.25, -0.2) is 0 Å². The third-order valence-corrected chi connectivity index (χ3v) is 5.70. The van der Waals surface area contributed by atoms with E-state index in [9.17, 15) is 9.59 Å². The molecular weight excluding hydrogens is 362 g/mol. The monoisotopic (exact) mass is 393 g/mol. The van der Waals surface area contributed by atoms with E-state index >= 15 is 0 Å². The molecule has 0 heterocycles. The van der Waals surface area contributed by atoms with Crippen LogP contribution in [-0.2, 0) is 4.79 Å². The van der Waals surface area contributed by atoms with Gasteiger partial charge in [0, 0.05) is 36.6 Å². The van der Waals surface area contributed by atoms with Crippen molar-refractivity contribution in [1.82, 2.24) is 4.90 Å². The maximum Gasteiger partial charge on any atom is 0.258 e. The molecule has 1 fully saturated rings. The van der Waals surface area contributed by atoms with Gasteiger partial charge in [-0.05, 0) is 50.1 Å². The lowest BCUT2D eigenvalue weighted by molar-refractivity contribution is -0.130. The average molecular weight is 394 g/mol. The first kappa shape index (κ1) is 20.9. The van der Waals surface area contributed by atoms with Crippen molar-refractivity contribution in [2.45, 2.75) is 45.1 Å². The third-order valence-electron chi connectivity index (χ3n) is 5.70. The zero-order chi connectivity index (χ0) is 20.6. The van der Waals surface area contributed by atoms with Crippen LogP contribution < -0.4 is 10.2 Å². The Morgan fingerprint density at radius 3 is 2.41 bits per heavy atom. The van der Waals surface area contributed by atoms with Crippen molar-refractivity contribution in [3.63, 3.8) is 0 Å². The van der Waals surface area contributed by atoms with E-state index < -0.39 is 0 Å². The number of rotatable bonds is 7. The second-order valence-corrected chi connectivity index (χ2v) is 7.62. The molecule has 154 valence electrons. The Morgan fingerprint density at radius 1 is 1.00 bits per heavy atom. The number of carbonyl (C=O) groups is 2. The molecule has 0 saturated heterocycles. The maximum atomic E-state index is 13.0. The SMILES string of the molecule is CCN(C(=O)c1cccc(NCC(=O)N(C)C2CCCCC2)c1)c1ccccc1. The van der Waals surface area contributed by atoms with Gasteiger partial charge in [0.1, 0.15) is 0 Å². The molecule has 0 aromatic heterocycles. The lowest BCUT2D eigenvalue weighted by atomic mass is 9.94. The van der Waals surface area contributed by atoms with E-state index in [1.807, 2.05) is 73.5 Å². The van der Waals surface area contributed by atoms with E-state index in [1.165, 1.54) is 19.3 Å². The summed E-state index contributed by atoms with van der Waals surface area (Å²) < 4.78 is 0. The predicted molar refractivity (Wildman–Crippen MR) is 118 cm³/mol. The van der Waals surface area contributed by atoms with Crippen LogP contribution in [-0.4, -0.2) is 42.9 Å². The number of nitrogens with zero attached hydrogens (tertiary/aromatic N) is 2. The highest BCUT2D eigenvalue weighted by Crippen LogP contribution is 2.22. The van der Waals surface area contributed by atoms with Gasteiger partial charge in [0.05, 0.1) is 6.54 Å². The highest BCUT2D eigenvalue weighted by Gasteiger charge is 2.22. The first-order valence-electron chi connectivity index (χ1n) is 10.6. The largest absolute Gasteiger partial charge is 0.376 e. The first-order chi connectivity index (χ1) is 14.1. The number of para-hydroxylation sites is 1. The molecule has 2 amide bonds. The van der Waals surface area contributed by atoms with Crippen molar-refractivity contribution >= 4 is 23.2 Å². The number of amides is 2. The Morgan fingerprint density at radius 2 is 1.72 bits per heavy atom.